The van der Waals surface area contributed by atoms with Crippen LogP contribution < -0.4 is 5.73 Å². The fraction of sp³-hybridized carbons (Fsp3) is 0.900. The molecule has 0 aromatic carbocycles. The van der Waals surface area contributed by atoms with Crippen LogP contribution in [0.5, 0.6) is 0 Å². The molecular formula is C10H20N2OS. The largest absolute Gasteiger partial charge is 0.393 e. The molecule has 1 aliphatic rings. The minimum absolute atomic E-state index is 0.621. The Morgan fingerprint density at radius 1 is 1.50 bits per heavy atom. The van der Waals surface area contributed by atoms with Crippen molar-refractivity contribution < 1.29 is 4.74 Å². The summed E-state index contributed by atoms with van der Waals surface area (Å²) in [6.45, 7) is 6.06. The van der Waals surface area contributed by atoms with E-state index >= 15 is 0 Å². The Balaban J connectivity index is 2.31. The summed E-state index contributed by atoms with van der Waals surface area (Å²) in [6, 6.07) is 0.670. The Kier molecular flexibility index (Phi) is 5.37. The van der Waals surface area contributed by atoms with Crippen molar-refractivity contribution in [1.82, 2.24) is 4.90 Å². The van der Waals surface area contributed by atoms with Gasteiger partial charge < -0.3 is 15.4 Å². The highest BCUT2D eigenvalue weighted by Crippen LogP contribution is 2.14. The molecule has 0 atom stereocenters. The van der Waals surface area contributed by atoms with Crippen LogP contribution in [0.2, 0.25) is 0 Å². The number of rotatable bonds is 5. The topological polar surface area (TPSA) is 38.5 Å². The van der Waals surface area contributed by atoms with Crippen LogP contribution in [0.25, 0.3) is 0 Å². The molecule has 1 heterocycles. The van der Waals surface area contributed by atoms with E-state index in [-0.39, 0.29) is 0 Å². The van der Waals surface area contributed by atoms with Crippen LogP contribution in [-0.4, -0.2) is 42.2 Å². The lowest BCUT2D eigenvalue weighted by molar-refractivity contribution is 0.0368. The first kappa shape index (κ1) is 11.9. The second-order valence-electron chi connectivity index (χ2n) is 3.69. The van der Waals surface area contributed by atoms with E-state index < -0.39 is 0 Å². The summed E-state index contributed by atoms with van der Waals surface area (Å²) in [7, 11) is 0. The van der Waals surface area contributed by atoms with Gasteiger partial charge in [-0.25, -0.2) is 0 Å². The Bertz CT molecular complexity index is 181. The fourth-order valence-electron chi connectivity index (χ4n) is 1.90. The van der Waals surface area contributed by atoms with E-state index in [9.17, 15) is 0 Å². The van der Waals surface area contributed by atoms with Crippen LogP contribution in [0.4, 0.5) is 0 Å². The standard InChI is InChI=1S/C10H20N2OS/c1-2-12(6-3-10(11)14)9-4-7-13-8-5-9/h9H,2-8H2,1H3,(H2,11,14). The maximum absolute atomic E-state index is 5.51. The van der Waals surface area contributed by atoms with Gasteiger partial charge in [-0.15, -0.1) is 0 Å². The molecule has 0 amide bonds. The zero-order valence-corrected chi connectivity index (χ0v) is 9.68. The molecule has 0 spiro atoms. The molecule has 0 aliphatic carbocycles. The molecular weight excluding hydrogens is 196 g/mol. The average Bonchev–Trinajstić information content (AvgIpc) is 2.20. The van der Waals surface area contributed by atoms with Crippen LogP contribution in [0.1, 0.15) is 26.2 Å². The quantitative estimate of drug-likeness (QED) is 0.700. The van der Waals surface area contributed by atoms with E-state index in [4.69, 9.17) is 22.7 Å². The van der Waals surface area contributed by atoms with E-state index in [1.165, 1.54) is 0 Å². The van der Waals surface area contributed by atoms with Crippen molar-refractivity contribution in [2.75, 3.05) is 26.3 Å². The summed E-state index contributed by atoms with van der Waals surface area (Å²) < 4.78 is 5.34. The summed E-state index contributed by atoms with van der Waals surface area (Å²) in [5, 5.41) is 0. The fourth-order valence-corrected chi connectivity index (χ4v) is 1.99. The van der Waals surface area contributed by atoms with Crippen LogP contribution >= 0.6 is 12.2 Å². The van der Waals surface area contributed by atoms with Crippen molar-refractivity contribution in [2.24, 2.45) is 5.73 Å². The number of nitrogens with zero attached hydrogens (tertiary/aromatic N) is 1. The third kappa shape index (κ3) is 3.90. The molecule has 1 aliphatic heterocycles. The number of thiocarbonyl (C=S) groups is 1. The molecule has 0 saturated carbocycles. The number of nitrogens with two attached hydrogens (primary N) is 1. The minimum atomic E-state index is 0.621. The van der Waals surface area contributed by atoms with Gasteiger partial charge in [-0.2, -0.15) is 0 Å². The predicted octanol–water partition coefficient (Wildman–Crippen LogP) is 1.16. The smallest absolute Gasteiger partial charge is 0.0740 e. The second kappa shape index (κ2) is 6.32. The van der Waals surface area contributed by atoms with Crippen LogP contribution in [0, 0.1) is 0 Å². The van der Waals surface area contributed by atoms with Crippen LogP contribution in [0.15, 0.2) is 0 Å². The third-order valence-electron chi connectivity index (χ3n) is 2.76. The second-order valence-corrected chi connectivity index (χ2v) is 4.21. The third-order valence-corrected chi connectivity index (χ3v) is 2.96. The van der Waals surface area contributed by atoms with Gasteiger partial charge in [0.05, 0.1) is 4.99 Å². The molecule has 0 bridgehead atoms. The van der Waals surface area contributed by atoms with Crippen molar-refractivity contribution in [3.8, 4) is 0 Å². The zero-order chi connectivity index (χ0) is 10.4. The normalized spacial score (nSPS) is 18.7. The minimum Gasteiger partial charge on any atom is -0.393 e. The van der Waals surface area contributed by atoms with Gasteiger partial charge in [-0.3, -0.25) is 0 Å². The van der Waals surface area contributed by atoms with Crippen LogP contribution in [-0.2, 0) is 4.74 Å². The molecule has 0 unspecified atom stereocenters. The maximum Gasteiger partial charge on any atom is 0.0740 e. The Morgan fingerprint density at radius 2 is 2.14 bits per heavy atom. The molecule has 0 aromatic rings. The van der Waals surface area contributed by atoms with Gasteiger partial charge >= 0.3 is 0 Å². The van der Waals surface area contributed by atoms with Crippen molar-refractivity contribution in [2.45, 2.75) is 32.2 Å². The Hall–Kier alpha value is -0.190. The summed E-state index contributed by atoms with van der Waals surface area (Å²) >= 11 is 4.89. The first-order valence-electron chi connectivity index (χ1n) is 5.34. The van der Waals surface area contributed by atoms with E-state index in [0.29, 0.717) is 11.0 Å². The number of hydrogen-bond acceptors (Lipinski definition) is 3. The van der Waals surface area contributed by atoms with Crippen LogP contribution in [0.3, 0.4) is 0 Å². The maximum atomic E-state index is 5.51. The van der Waals surface area contributed by atoms with Gasteiger partial charge in [0.2, 0.25) is 0 Å². The molecule has 1 fully saturated rings. The van der Waals surface area contributed by atoms with E-state index in [1.54, 1.807) is 0 Å². The van der Waals surface area contributed by atoms with Crippen molar-refractivity contribution in [1.29, 1.82) is 0 Å². The van der Waals surface area contributed by atoms with E-state index in [1.807, 2.05) is 0 Å². The molecule has 1 saturated heterocycles. The molecule has 3 nitrogen and oxygen atoms in total. The lowest BCUT2D eigenvalue weighted by Gasteiger charge is -2.33. The first-order chi connectivity index (χ1) is 6.74. The van der Waals surface area contributed by atoms with Crippen molar-refractivity contribution in [3.05, 3.63) is 0 Å². The molecule has 14 heavy (non-hydrogen) atoms. The van der Waals surface area contributed by atoms with Gasteiger partial charge in [0.1, 0.15) is 0 Å². The molecule has 4 heteroatoms. The summed E-state index contributed by atoms with van der Waals surface area (Å²) in [5.41, 5.74) is 5.51. The first-order valence-corrected chi connectivity index (χ1v) is 5.75. The SMILES string of the molecule is CCN(CCC(N)=S)C1CCOCC1. The highest BCUT2D eigenvalue weighted by Gasteiger charge is 2.19. The van der Waals surface area contributed by atoms with Gasteiger partial charge in [0.15, 0.2) is 0 Å². The summed E-state index contributed by atoms with van der Waals surface area (Å²) in [6.07, 6.45) is 3.12. The molecule has 0 radical (unpaired) electrons. The number of ether oxygens (including phenoxy) is 1. The molecule has 2 N–H and O–H groups in total. The molecule has 82 valence electrons. The molecule has 1 rings (SSSR count). The Labute approximate surface area is 91.6 Å². The summed E-state index contributed by atoms with van der Waals surface area (Å²) in [4.78, 5) is 3.08. The van der Waals surface area contributed by atoms with Gasteiger partial charge in [0, 0.05) is 32.2 Å². The van der Waals surface area contributed by atoms with Gasteiger partial charge in [-0.1, -0.05) is 19.1 Å². The molecule has 0 aromatic heterocycles. The van der Waals surface area contributed by atoms with E-state index in [0.717, 1.165) is 45.6 Å². The van der Waals surface area contributed by atoms with Gasteiger partial charge in [-0.05, 0) is 19.4 Å². The zero-order valence-electron chi connectivity index (χ0n) is 8.87. The number of hydrogen-bond donors (Lipinski definition) is 1. The highest BCUT2D eigenvalue weighted by molar-refractivity contribution is 7.80. The van der Waals surface area contributed by atoms with Gasteiger partial charge in [0.25, 0.3) is 0 Å². The van der Waals surface area contributed by atoms with Crippen molar-refractivity contribution in [3.63, 3.8) is 0 Å². The lowest BCUT2D eigenvalue weighted by Crippen LogP contribution is -2.40. The monoisotopic (exact) mass is 216 g/mol. The highest BCUT2D eigenvalue weighted by atomic mass is 32.1. The Morgan fingerprint density at radius 3 is 2.64 bits per heavy atom. The average molecular weight is 216 g/mol. The lowest BCUT2D eigenvalue weighted by atomic mass is 10.1. The van der Waals surface area contributed by atoms with Crippen molar-refractivity contribution >= 4 is 17.2 Å². The van der Waals surface area contributed by atoms with E-state index in [2.05, 4.69) is 11.8 Å². The predicted molar refractivity (Wildman–Crippen MR) is 62.5 cm³/mol. The summed E-state index contributed by atoms with van der Waals surface area (Å²) in [5.74, 6) is 0.